The second kappa shape index (κ2) is 4.73. The summed E-state index contributed by atoms with van der Waals surface area (Å²) < 4.78 is 4.94. The molecule has 1 N–H and O–H groups in total. The van der Waals surface area contributed by atoms with Gasteiger partial charge in [-0.05, 0) is 24.3 Å². The molecule has 0 amide bonds. The maximum absolute atomic E-state index is 9.04. The quantitative estimate of drug-likeness (QED) is 0.880. The third kappa shape index (κ3) is 2.36. The molecule has 2 rings (SSSR count). The molecule has 0 aliphatic carbocycles. The van der Waals surface area contributed by atoms with Crippen molar-refractivity contribution in [3.05, 3.63) is 53.4 Å². The molecule has 1 aromatic carbocycles. The van der Waals surface area contributed by atoms with E-state index >= 15 is 0 Å². The summed E-state index contributed by atoms with van der Waals surface area (Å²) in [6, 6.07) is 10.7. The van der Waals surface area contributed by atoms with Gasteiger partial charge in [-0.25, -0.2) is 0 Å². The monoisotopic (exact) mass is 232 g/mol. The van der Waals surface area contributed by atoms with Gasteiger partial charge in [-0.1, -0.05) is 17.7 Å². The highest BCUT2D eigenvalue weighted by molar-refractivity contribution is 6.30. The molecule has 0 saturated carbocycles. The Labute approximate surface area is 98.3 Å². The first-order chi connectivity index (χ1) is 7.79. The summed E-state index contributed by atoms with van der Waals surface area (Å²) in [5.41, 5.74) is 1.60. The summed E-state index contributed by atoms with van der Waals surface area (Å²) >= 11 is 5.85. The van der Waals surface area contributed by atoms with Gasteiger partial charge < -0.3 is 9.73 Å². The lowest BCUT2D eigenvalue weighted by molar-refractivity contribution is 0.563. The predicted octanol–water partition coefficient (Wildman–Crippen LogP) is 3.61. The number of hydrogen-bond acceptors (Lipinski definition) is 3. The smallest absolute Gasteiger partial charge is 0.143 e. The minimum Gasteiger partial charge on any atom is -0.472 e. The lowest BCUT2D eigenvalue weighted by Crippen LogP contribution is -2.07. The van der Waals surface area contributed by atoms with Crippen molar-refractivity contribution in [1.82, 2.24) is 0 Å². The van der Waals surface area contributed by atoms with Crippen LogP contribution in [0.25, 0.3) is 0 Å². The standard InChI is InChI=1S/C12H9ClN2O/c13-10-2-1-3-11(6-10)15-12(7-14)9-4-5-16-8-9/h1-6,8,12,15H. The van der Waals surface area contributed by atoms with Crippen molar-refractivity contribution in [3.63, 3.8) is 0 Å². The fraction of sp³-hybridized carbons (Fsp3) is 0.0833. The van der Waals surface area contributed by atoms with Gasteiger partial charge in [-0.3, -0.25) is 0 Å². The molecule has 0 fully saturated rings. The number of nitriles is 1. The van der Waals surface area contributed by atoms with Crippen LogP contribution in [-0.2, 0) is 0 Å². The van der Waals surface area contributed by atoms with Crippen molar-refractivity contribution in [1.29, 1.82) is 5.26 Å². The molecule has 0 bridgehead atoms. The molecule has 0 aliphatic rings. The average Bonchev–Trinajstić information content (AvgIpc) is 2.79. The van der Waals surface area contributed by atoms with E-state index < -0.39 is 6.04 Å². The first kappa shape index (κ1) is 10.6. The Hall–Kier alpha value is -1.92. The van der Waals surface area contributed by atoms with E-state index in [4.69, 9.17) is 21.3 Å². The number of rotatable bonds is 3. The third-order valence-corrected chi connectivity index (χ3v) is 2.38. The average molecular weight is 233 g/mol. The number of benzene rings is 1. The van der Waals surface area contributed by atoms with E-state index in [2.05, 4.69) is 11.4 Å². The number of halogens is 1. The summed E-state index contributed by atoms with van der Waals surface area (Å²) in [6.07, 6.45) is 3.09. The van der Waals surface area contributed by atoms with Gasteiger partial charge in [0.25, 0.3) is 0 Å². The van der Waals surface area contributed by atoms with Crippen LogP contribution in [0.1, 0.15) is 11.6 Å². The maximum atomic E-state index is 9.04. The lowest BCUT2D eigenvalue weighted by atomic mass is 10.1. The molecule has 80 valence electrons. The zero-order chi connectivity index (χ0) is 11.4. The summed E-state index contributed by atoms with van der Waals surface area (Å²) in [6.45, 7) is 0. The van der Waals surface area contributed by atoms with Gasteiger partial charge in [0.1, 0.15) is 6.04 Å². The molecule has 1 unspecified atom stereocenters. The first-order valence-corrected chi connectivity index (χ1v) is 5.11. The molecule has 3 nitrogen and oxygen atoms in total. The molecule has 0 radical (unpaired) electrons. The molecule has 4 heteroatoms. The van der Waals surface area contributed by atoms with E-state index in [9.17, 15) is 0 Å². The summed E-state index contributed by atoms with van der Waals surface area (Å²) in [5, 5.41) is 12.7. The Morgan fingerprint density at radius 1 is 1.38 bits per heavy atom. The molecule has 0 spiro atoms. The highest BCUT2D eigenvalue weighted by atomic mass is 35.5. The Morgan fingerprint density at radius 2 is 2.25 bits per heavy atom. The Bertz CT molecular complexity index is 502. The molecule has 16 heavy (non-hydrogen) atoms. The third-order valence-electron chi connectivity index (χ3n) is 2.14. The van der Waals surface area contributed by atoms with Gasteiger partial charge in [0.05, 0.1) is 18.6 Å². The summed E-state index contributed by atoms with van der Waals surface area (Å²) in [7, 11) is 0. The largest absolute Gasteiger partial charge is 0.472 e. The van der Waals surface area contributed by atoms with Crippen molar-refractivity contribution >= 4 is 17.3 Å². The van der Waals surface area contributed by atoms with Crippen molar-refractivity contribution in [2.24, 2.45) is 0 Å². The summed E-state index contributed by atoms with van der Waals surface area (Å²) in [4.78, 5) is 0. The van der Waals surface area contributed by atoms with Crippen LogP contribution in [0.15, 0.2) is 47.3 Å². The Balaban J connectivity index is 2.17. The predicted molar refractivity (Wildman–Crippen MR) is 62.1 cm³/mol. The van der Waals surface area contributed by atoms with Gasteiger partial charge in [0, 0.05) is 16.3 Å². The van der Waals surface area contributed by atoms with E-state index in [0.717, 1.165) is 11.3 Å². The van der Waals surface area contributed by atoms with Gasteiger partial charge in [0.2, 0.25) is 0 Å². The number of anilines is 1. The Kier molecular flexibility index (Phi) is 3.13. The fourth-order valence-corrected chi connectivity index (χ4v) is 1.56. The lowest BCUT2D eigenvalue weighted by Gasteiger charge is -2.11. The second-order valence-corrected chi connectivity index (χ2v) is 3.71. The molecular weight excluding hydrogens is 224 g/mol. The second-order valence-electron chi connectivity index (χ2n) is 3.27. The molecule has 1 aromatic heterocycles. The topological polar surface area (TPSA) is 49.0 Å². The van der Waals surface area contributed by atoms with Crippen LogP contribution in [0.3, 0.4) is 0 Å². The van der Waals surface area contributed by atoms with E-state index in [1.807, 2.05) is 12.1 Å². The van der Waals surface area contributed by atoms with E-state index in [1.165, 1.54) is 0 Å². The van der Waals surface area contributed by atoms with Crippen LogP contribution in [0.2, 0.25) is 5.02 Å². The van der Waals surface area contributed by atoms with Gasteiger partial charge >= 0.3 is 0 Å². The highest BCUT2D eigenvalue weighted by Crippen LogP contribution is 2.21. The van der Waals surface area contributed by atoms with Crippen LogP contribution >= 0.6 is 11.6 Å². The van der Waals surface area contributed by atoms with E-state index in [1.54, 1.807) is 30.7 Å². The van der Waals surface area contributed by atoms with Crippen LogP contribution in [-0.4, -0.2) is 0 Å². The highest BCUT2D eigenvalue weighted by Gasteiger charge is 2.11. The minimum absolute atomic E-state index is 0.433. The van der Waals surface area contributed by atoms with Gasteiger partial charge in [-0.15, -0.1) is 0 Å². The normalized spacial score (nSPS) is 11.8. The van der Waals surface area contributed by atoms with Crippen LogP contribution < -0.4 is 5.32 Å². The first-order valence-electron chi connectivity index (χ1n) is 4.73. The zero-order valence-corrected chi connectivity index (χ0v) is 9.11. The van der Waals surface area contributed by atoms with Crippen LogP contribution in [0.5, 0.6) is 0 Å². The SMILES string of the molecule is N#CC(Nc1cccc(Cl)c1)c1ccoc1. The van der Waals surface area contributed by atoms with Crippen molar-refractivity contribution in [2.75, 3.05) is 5.32 Å². The van der Waals surface area contributed by atoms with Crippen LogP contribution in [0, 0.1) is 11.3 Å². The molecule has 1 heterocycles. The number of furan rings is 1. The molecule has 0 aliphatic heterocycles. The Morgan fingerprint density at radius 3 is 2.88 bits per heavy atom. The van der Waals surface area contributed by atoms with E-state index in [-0.39, 0.29) is 0 Å². The molecule has 1 atom stereocenters. The fourth-order valence-electron chi connectivity index (χ4n) is 1.37. The van der Waals surface area contributed by atoms with Crippen LogP contribution in [0.4, 0.5) is 5.69 Å². The number of nitrogens with one attached hydrogen (secondary N) is 1. The molecule has 0 saturated heterocycles. The zero-order valence-electron chi connectivity index (χ0n) is 8.35. The van der Waals surface area contributed by atoms with Crippen molar-refractivity contribution in [2.45, 2.75) is 6.04 Å². The maximum Gasteiger partial charge on any atom is 0.143 e. The molecular formula is C12H9ClN2O. The van der Waals surface area contributed by atoms with Gasteiger partial charge in [-0.2, -0.15) is 5.26 Å². The number of nitrogens with zero attached hydrogens (tertiary/aromatic N) is 1. The van der Waals surface area contributed by atoms with Crippen molar-refractivity contribution in [3.8, 4) is 6.07 Å². The summed E-state index contributed by atoms with van der Waals surface area (Å²) in [5.74, 6) is 0. The van der Waals surface area contributed by atoms with Gasteiger partial charge in [0.15, 0.2) is 0 Å². The number of hydrogen-bond donors (Lipinski definition) is 1. The minimum atomic E-state index is -0.433. The van der Waals surface area contributed by atoms with E-state index in [0.29, 0.717) is 5.02 Å². The van der Waals surface area contributed by atoms with Crippen molar-refractivity contribution < 1.29 is 4.42 Å². The molecule has 2 aromatic rings.